The molecule has 100 valence electrons. The van der Waals surface area contributed by atoms with Gasteiger partial charge in [-0.15, -0.1) is 0 Å². The van der Waals surface area contributed by atoms with Crippen LogP contribution >= 0.6 is 0 Å². The summed E-state index contributed by atoms with van der Waals surface area (Å²) in [5.41, 5.74) is 5.75. The molecular weight excluding hydrogens is 210 g/mol. The summed E-state index contributed by atoms with van der Waals surface area (Å²) in [4.78, 5) is 5.06. The van der Waals surface area contributed by atoms with Crippen molar-refractivity contribution in [1.29, 1.82) is 0 Å². The second-order valence-corrected chi connectivity index (χ2v) is 6.29. The standard InChI is InChI=1S/C14H29N3/c1-16(2)14-7-8-17(11-14)10-13-5-3-12(9-15)4-6-13/h12-14H,3-11,15H2,1-2H3. The maximum Gasteiger partial charge on any atom is 0.0229 e. The second kappa shape index (κ2) is 6.17. The van der Waals surface area contributed by atoms with Gasteiger partial charge in [-0.25, -0.2) is 0 Å². The van der Waals surface area contributed by atoms with Gasteiger partial charge in [0, 0.05) is 19.1 Å². The third kappa shape index (κ3) is 3.67. The van der Waals surface area contributed by atoms with Crippen LogP contribution in [0.5, 0.6) is 0 Å². The number of hydrogen-bond donors (Lipinski definition) is 1. The first-order chi connectivity index (χ1) is 8.19. The fourth-order valence-electron chi connectivity index (χ4n) is 3.41. The molecule has 0 radical (unpaired) electrons. The minimum atomic E-state index is 0.787. The average Bonchev–Trinajstić information content (AvgIpc) is 2.79. The number of hydrogen-bond acceptors (Lipinski definition) is 3. The molecule has 1 aliphatic heterocycles. The van der Waals surface area contributed by atoms with Crippen LogP contribution in [-0.2, 0) is 0 Å². The molecule has 1 saturated carbocycles. The van der Waals surface area contributed by atoms with Crippen molar-refractivity contribution in [1.82, 2.24) is 9.80 Å². The fraction of sp³-hybridized carbons (Fsp3) is 1.00. The lowest BCUT2D eigenvalue weighted by Crippen LogP contribution is -2.35. The van der Waals surface area contributed by atoms with E-state index in [-0.39, 0.29) is 0 Å². The normalized spacial score (nSPS) is 35.6. The van der Waals surface area contributed by atoms with E-state index in [4.69, 9.17) is 5.73 Å². The Morgan fingerprint density at radius 2 is 1.71 bits per heavy atom. The number of rotatable bonds is 4. The minimum absolute atomic E-state index is 0.787. The predicted molar refractivity (Wildman–Crippen MR) is 73.0 cm³/mol. The van der Waals surface area contributed by atoms with Crippen LogP contribution in [0.2, 0.25) is 0 Å². The van der Waals surface area contributed by atoms with E-state index in [1.54, 1.807) is 0 Å². The minimum Gasteiger partial charge on any atom is -0.330 e. The maximum absolute atomic E-state index is 5.75. The van der Waals surface area contributed by atoms with Crippen LogP contribution in [0.15, 0.2) is 0 Å². The summed E-state index contributed by atoms with van der Waals surface area (Å²) in [5, 5.41) is 0. The van der Waals surface area contributed by atoms with Gasteiger partial charge in [0.25, 0.3) is 0 Å². The molecule has 3 nitrogen and oxygen atoms in total. The summed E-state index contributed by atoms with van der Waals surface area (Å²) in [6, 6.07) is 0.787. The molecule has 0 aromatic carbocycles. The van der Waals surface area contributed by atoms with Gasteiger partial charge in [0.1, 0.15) is 0 Å². The molecule has 2 N–H and O–H groups in total. The lowest BCUT2D eigenvalue weighted by Gasteiger charge is -2.31. The SMILES string of the molecule is CN(C)C1CCN(CC2CCC(CN)CC2)C1. The monoisotopic (exact) mass is 239 g/mol. The highest BCUT2D eigenvalue weighted by atomic mass is 15.2. The molecule has 1 aliphatic carbocycles. The van der Waals surface area contributed by atoms with E-state index in [2.05, 4.69) is 23.9 Å². The van der Waals surface area contributed by atoms with Crippen molar-refractivity contribution >= 4 is 0 Å². The molecule has 0 aromatic heterocycles. The Balaban J connectivity index is 1.69. The molecule has 0 bridgehead atoms. The van der Waals surface area contributed by atoms with Gasteiger partial charge in [-0.3, -0.25) is 0 Å². The molecule has 2 rings (SSSR count). The zero-order valence-electron chi connectivity index (χ0n) is 11.6. The van der Waals surface area contributed by atoms with Gasteiger partial charge >= 0.3 is 0 Å². The number of likely N-dealkylation sites (tertiary alicyclic amines) is 1. The third-order valence-corrected chi connectivity index (χ3v) is 4.79. The van der Waals surface area contributed by atoms with E-state index >= 15 is 0 Å². The zero-order valence-corrected chi connectivity index (χ0v) is 11.6. The average molecular weight is 239 g/mol. The van der Waals surface area contributed by atoms with E-state index in [0.29, 0.717) is 0 Å². The third-order valence-electron chi connectivity index (χ3n) is 4.79. The predicted octanol–water partition coefficient (Wildman–Crippen LogP) is 1.39. The van der Waals surface area contributed by atoms with Gasteiger partial charge in [-0.2, -0.15) is 0 Å². The highest BCUT2D eigenvalue weighted by molar-refractivity contribution is 4.83. The summed E-state index contributed by atoms with van der Waals surface area (Å²) < 4.78 is 0. The first-order valence-corrected chi connectivity index (χ1v) is 7.28. The Kier molecular flexibility index (Phi) is 4.83. The first-order valence-electron chi connectivity index (χ1n) is 7.28. The highest BCUT2D eigenvalue weighted by Gasteiger charge is 2.27. The van der Waals surface area contributed by atoms with E-state index < -0.39 is 0 Å². The van der Waals surface area contributed by atoms with Crippen LogP contribution in [0, 0.1) is 11.8 Å². The van der Waals surface area contributed by atoms with E-state index in [1.807, 2.05) is 0 Å². The Hall–Kier alpha value is -0.120. The van der Waals surface area contributed by atoms with Crippen molar-refractivity contribution in [3.63, 3.8) is 0 Å². The quantitative estimate of drug-likeness (QED) is 0.804. The van der Waals surface area contributed by atoms with Gasteiger partial charge in [0.15, 0.2) is 0 Å². The fourth-order valence-corrected chi connectivity index (χ4v) is 3.41. The molecule has 1 heterocycles. The number of likely N-dealkylation sites (N-methyl/N-ethyl adjacent to an activating group) is 1. The summed E-state index contributed by atoms with van der Waals surface area (Å²) in [7, 11) is 4.42. The van der Waals surface area contributed by atoms with Gasteiger partial charge < -0.3 is 15.5 Å². The molecule has 3 heteroatoms. The molecule has 1 atom stereocenters. The topological polar surface area (TPSA) is 32.5 Å². The van der Waals surface area contributed by atoms with Crippen molar-refractivity contribution < 1.29 is 0 Å². The summed E-state index contributed by atoms with van der Waals surface area (Å²) in [5.74, 6) is 1.76. The van der Waals surface area contributed by atoms with E-state index in [1.165, 1.54) is 51.7 Å². The largest absolute Gasteiger partial charge is 0.330 e. The number of nitrogens with zero attached hydrogens (tertiary/aromatic N) is 2. The van der Waals surface area contributed by atoms with Crippen molar-refractivity contribution in [2.45, 2.75) is 38.1 Å². The molecule has 2 aliphatic rings. The van der Waals surface area contributed by atoms with E-state index in [9.17, 15) is 0 Å². The maximum atomic E-state index is 5.75. The van der Waals surface area contributed by atoms with E-state index in [0.717, 1.165) is 24.4 Å². The van der Waals surface area contributed by atoms with Crippen LogP contribution in [0.25, 0.3) is 0 Å². The lowest BCUT2D eigenvalue weighted by molar-refractivity contribution is 0.194. The molecule has 2 fully saturated rings. The van der Waals surface area contributed by atoms with Crippen LogP contribution in [0.4, 0.5) is 0 Å². The van der Waals surface area contributed by atoms with Crippen molar-refractivity contribution in [3.8, 4) is 0 Å². The zero-order chi connectivity index (χ0) is 12.3. The van der Waals surface area contributed by atoms with Gasteiger partial charge in [0.05, 0.1) is 0 Å². The number of nitrogens with two attached hydrogens (primary N) is 1. The summed E-state index contributed by atoms with van der Waals surface area (Å²) in [6.45, 7) is 4.82. The van der Waals surface area contributed by atoms with Crippen LogP contribution in [0.1, 0.15) is 32.1 Å². The lowest BCUT2D eigenvalue weighted by atomic mass is 9.82. The molecule has 17 heavy (non-hydrogen) atoms. The summed E-state index contributed by atoms with van der Waals surface area (Å²) in [6.07, 6.45) is 6.90. The smallest absolute Gasteiger partial charge is 0.0229 e. The van der Waals surface area contributed by atoms with Crippen molar-refractivity contribution in [3.05, 3.63) is 0 Å². The van der Waals surface area contributed by atoms with Crippen LogP contribution in [-0.4, -0.2) is 56.1 Å². The van der Waals surface area contributed by atoms with Crippen LogP contribution < -0.4 is 5.73 Å². The molecule has 1 unspecified atom stereocenters. The molecule has 0 aromatic rings. The van der Waals surface area contributed by atoms with Gasteiger partial charge in [-0.05, 0) is 71.1 Å². The molecular formula is C14H29N3. The molecule has 1 saturated heterocycles. The Morgan fingerprint density at radius 1 is 1.06 bits per heavy atom. The van der Waals surface area contributed by atoms with Gasteiger partial charge in [0.2, 0.25) is 0 Å². The van der Waals surface area contributed by atoms with Crippen LogP contribution in [0.3, 0.4) is 0 Å². The first kappa shape index (κ1) is 13.3. The Labute approximate surface area is 106 Å². The molecule has 0 amide bonds. The Bertz CT molecular complexity index is 222. The molecule has 0 spiro atoms. The van der Waals surface area contributed by atoms with Crippen molar-refractivity contribution in [2.24, 2.45) is 17.6 Å². The van der Waals surface area contributed by atoms with Gasteiger partial charge in [-0.1, -0.05) is 0 Å². The van der Waals surface area contributed by atoms with Crippen molar-refractivity contribution in [2.75, 3.05) is 40.3 Å². The highest BCUT2D eigenvalue weighted by Crippen LogP contribution is 2.29. The second-order valence-electron chi connectivity index (χ2n) is 6.29. The Morgan fingerprint density at radius 3 is 2.24 bits per heavy atom. The summed E-state index contributed by atoms with van der Waals surface area (Å²) >= 11 is 0.